The van der Waals surface area contributed by atoms with E-state index in [0.717, 1.165) is 44.6 Å². The number of para-hydroxylation sites is 1. The molecule has 0 aromatic heterocycles. The van der Waals surface area contributed by atoms with Crippen LogP contribution >= 0.6 is 0 Å². The van der Waals surface area contributed by atoms with Crippen LogP contribution in [-0.4, -0.2) is 36.0 Å². The second-order valence-electron chi connectivity index (χ2n) is 5.52. The molecule has 1 aromatic rings. The third-order valence-corrected chi connectivity index (χ3v) is 4.06. The number of nitro benzene ring substituents is 1. The van der Waals surface area contributed by atoms with E-state index in [0.29, 0.717) is 5.92 Å². The third kappa shape index (κ3) is 4.02. The summed E-state index contributed by atoms with van der Waals surface area (Å²) < 4.78 is 0. The van der Waals surface area contributed by atoms with E-state index < -0.39 is 0 Å². The molecule has 1 aliphatic rings. The first-order valence-corrected chi connectivity index (χ1v) is 7.35. The maximum absolute atomic E-state index is 11.0. The van der Waals surface area contributed by atoms with Gasteiger partial charge in [0.2, 0.25) is 0 Å². The Morgan fingerprint density at radius 2 is 2.20 bits per heavy atom. The lowest BCUT2D eigenvalue weighted by Crippen LogP contribution is -2.37. The van der Waals surface area contributed by atoms with Gasteiger partial charge in [0.05, 0.1) is 4.92 Å². The Hall–Kier alpha value is -1.46. The SMILES string of the molecule is NCCC1CCCN(CCc2ccccc2[N+](=O)[O-])C1. The average Bonchev–Trinajstić information content (AvgIpc) is 2.46. The van der Waals surface area contributed by atoms with E-state index in [1.54, 1.807) is 12.1 Å². The molecular weight excluding hydrogens is 254 g/mol. The number of likely N-dealkylation sites (tertiary alicyclic amines) is 1. The molecule has 2 rings (SSSR count). The molecule has 0 radical (unpaired) electrons. The minimum absolute atomic E-state index is 0.239. The molecule has 1 aliphatic heterocycles. The van der Waals surface area contributed by atoms with Crippen molar-refractivity contribution in [2.45, 2.75) is 25.7 Å². The van der Waals surface area contributed by atoms with Crippen LogP contribution in [0.3, 0.4) is 0 Å². The normalized spacial score (nSPS) is 19.9. The summed E-state index contributed by atoms with van der Waals surface area (Å²) in [6.07, 6.45) is 4.30. The predicted octanol–water partition coefficient (Wildman–Crippen LogP) is 2.20. The Labute approximate surface area is 119 Å². The smallest absolute Gasteiger partial charge is 0.272 e. The van der Waals surface area contributed by atoms with Crippen molar-refractivity contribution in [3.8, 4) is 0 Å². The van der Waals surface area contributed by atoms with E-state index in [1.165, 1.54) is 12.8 Å². The van der Waals surface area contributed by atoms with Crippen LogP contribution < -0.4 is 5.73 Å². The lowest BCUT2D eigenvalue weighted by Gasteiger charge is -2.32. The lowest BCUT2D eigenvalue weighted by molar-refractivity contribution is -0.385. The average molecular weight is 277 g/mol. The second kappa shape index (κ2) is 7.36. The highest BCUT2D eigenvalue weighted by molar-refractivity contribution is 5.39. The van der Waals surface area contributed by atoms with Gasteiger partial charge in [-0.25, -0.2) is 0 Å². The molecule has 1 heterocycles. The van der Waals surface area contributed by atoms with E-state index >= 15 is 0 Å². The Balaban J connectivity index is 1.90. The molecule has 0 aliphatic carbocycles. The first-order valence-electron chi connectivity index (χ1n) is 7.35. The van der Waals surface area contributed by atoms with Crippen LogP contribution in [0.15, 0.2) is 24.3 Å². The van der Waals surface area contributed by atoms with Gasteiger partial charge in [0.25, 0.3) is 5.69 Å². The van der Waals surface area contributed by atoms with Crippen molar-refractivity contribution >= 4 is 5.69 Å². The molecule has 1 saturated heterocycles. The van der Waals surface area contributed by atoms with Gasteiger partial charge in [0.15, 0.2) is 0 Å². The molecule has 5 nitrogen and oxygen atoms in total. The Kier molecular flexibility index (Phi) is 5.49. The minimum Gasteiger partial charge on any atom is -0.330 e. The van der Waals surface area contributed by atoms with E-state index in [4.69, 9.17) is 5.73 Å². The van der Waals surface area contributed by atoms with Gasteiger partial charge in [0.1, 0.15) is 0 Å². The van der Waals surface area contributed by atoms with Gasteiger partial charge >= 0.3 is 0 Å². The topological polar surface area (TPSA) is 72.4 Å². The van der Waals surface area contributed by atoms with Crippen LogP contribution in [-0.2, 0) is 6.42 Å². The van der Waals surface area contributed by atoms with Crippen LogP contribution in [0, 0.1) is 16.0 Å². The summed E-state index contributed by atoms with van der Waals surface area (Å²) in [7, 11) is 0. The molecule has 110 valence electrons. The van der Waals surface area contributed by atoms with E-state index in [9.17, 15) is 10.1 Å². The van der Waals surface area contributed by atoms with Gasteiger partial charge in [-0.15, -0.1) is 0 Å². The number of benzene rings is 1. The molecule has 0 amide bonds. The zero-order chi connectivity index (χ0) is 14.4. The van der Waals surface area contributed by atoms with Gasteiger partial charge in [-0.3, -0.25) is 10.1 Å². The van der Waals surface area contributed by atoms with Crippen LogP contribution in [0.2, 0.25) is 0 Å². The largest absolute Gasteiger partial charge is 0.330 e. The molecule has 1 fully saturated rings. The molecule has 2 N–H and O–H groups in total. The monoisotopic (exact) mass is 277 g/mol. The second-order valence-corrected chi connectivity index (χ2v) is 5.52. The Bertz CT molecular complexity index is 448. The zero-order valence-electron chi connectivity index (χ0n) is 11.8. The fraction of sp³-hybridized carbons (Fsp3) is 0.600. The number of hydrogen-bond acceptors (Lipinski definition) is 4. The zero-order valence-corrected chi connectivity index (χ0v) is 11.8. The number of piperidine rings is 1. The van der Waals surface area contributed by atoms with E-state index in [1.807, 2.05) is 12.1 Å². The van der Waals surface area contributed by atoms with Crippen LogP contribution in [0.1, 0.15) is 24.8 Å². The van der Waals surface area contributed by atoms with Gasteiger partial charge in [-0.1, -0.05) is 18.2 Å². The quantitative estimate of drug-likeness (QED) is 0.639. The van der Waals surface area contributed by atoms with Gasteiger partial charge in [0, 0.05) is 24.7 Å². The molecule has 1 unspecified atom stereocenters. The molecule has 5 heteroatoms. The van der Waals surface area contributed by atoms with Crippen molar-refractivity contribution in [3.63, 3.8) is 0 Å². The Morgan fingerprint density at radius 3 is 2.95 bits per heavy atom. The summed E-state index contributed by atoms with van der Waals surface area (Å²) in [5.74, 6) is 0.694. The Morgan fingerprint density at radius 1 is 1.40 bits per heavy atom. The van der Waals surface area contributed by atoms with Crippen LogP contribution in [0.4, 0.5) is 5.69 Å². The molecule has 0 spiro atoms. The maximum Gasteiger partial charge on any atom is 0.272 e. The summed E-state index contributed by atoms with van der Waals surface area (Å²) in [5.41, 5.74) is 6.70. The highest BCUT2D eigenvalue weighted by atomic mass is 16.6. The molecule has 1 atom stereocenters. The van der Waals surface area contributed by atoms with E-state index in [-0.39, 0.29) is 10.6 Å². The highest BCUT2D eigenvalue weighted by Gasteiger charge is 2.20. The van der Waals surface area contributed by atoms with Crippen molar-refractivity contribution < 1.29 is 4.92 Å². The summed E-state index contributed by atoms with van der Waals surface area (Å²) in [4.78, 5) is 13.1. The number of nitrogens with zero attached hydrogens (tertiary/aromatic N) is 2. The van der Waals surface area contributed by atoms with Crippen molar-refractivity contribution in [1.29, 1.82) is 0 Å². The molecule has 1 aromatic carbocycles. The van der Waals surface area contributed by atoms with Crippen LogP contribution in [0.25, 0.3) is 0 Å². The van der Waals surface area contributed by atoms with E-state index in [2.05, 4.69) is 4.90 Å². The molecule has 20 heavy (non-hydrogen) atoms. The standard InChI is InChI=1S/C15H23N3O2/c16-9-7-13-4-3-10-17(12-13)11-8-14-5-1-2-6-15(14)18(19)20/h1-2,5-6,13H,3-4,7-12,16H2. The van der Waals surface area contributed by atoms with Gasteiger partial charge in [-0.05, 0) is 44.7 Å². The third-order valence-electron chi connectivity index (χ3n) is 4.06. The van der Waals surface area contributed by atoms with Crippen molar-refractivity contribution in [3.05, 3.63) is 39.9 Å². The fourth-order valence-corrected chi connectivity index (χ4v) is 3.00. The summed E-state index contributed by atoms with van der Waals surface area (Å²) in [6.45, 7) is 3.83. The lowest BCUT2D eigenvalue weighted by atomic mass is 9.94. The predicted molar refractivity (Wildman–Crippen MR) is 79.6 cm³/mol. The highest BCUT2D eigenvalue weighted by Crippen LogP contribution is 2.21. The molecular formula is C15H23N3O2. The number of nitrogens with two attached hydrogens (primary N) is 1. The first kappa shape index (κ1) is 14.9. The van der Waals surface area contributed by atoms with Crippen LogP contribution in [0.5, 0.6) is 0 Å². The van der Waals surface area contributed by atoms with Gasteiger partial charge in [-0.2, -0.15) is 0 Å². The summed E-state index contributed by atoms with van der Waals surface area (Å²) in [5, 5.41) is 11.0. The molecule has 0 bridgehead atoms. The number of nitro groups is 1. The van der Waals surface area contributed by atoms with Crippen molar-refractivity contribution in [1.82, 2.24) is 4.90 Å². The van der Waals surface area contributed by atoms with Crippen molar-refractivity contribution in [2.24, 2.45) is 11.7 Å². The fourth-order valence-electron chi connectivity index (χ4n) is 3.00. The summed E-state index contributed by atoms with van der Waals surface area (Å²) in [6, 6.07) is 7.04. The maximum atomic E-state index is 11.0. The number of rotatable bonds is 6. The van der Waals surface area contributed by atoms with Crippen molar-refractivity contribution in [2.75, 3.05) is 26.2 Å². The minimum atomic E-state index is -0.289. The number of hydrogen-bond donors (Lipinski definition) is 1. The first-order chi connectivity index (χ1) is 9.70. The summed E-state index contributed by atoms with van der Waals surface area (Å²) >= 11 is 0. The van der Waals surface area contributed by atoms with Gasteiger partial charge < -0.3 is 10.6 Å². The molecule has 0 saturated carbocycles.